The Morgan fingerprint density at radius 2 is 2.16 bits per heavy atom. The van der Waals surface area contributed by atoms with Crippen LogP contribution in [0.25, 0.3) is 22.2 Å². The molecular weight excluding hydrogens is 571 g/mol. The summed E-state index contributed by atoms with van der Waals surface area (Å²) in [6.45, 7) is 1.58. The molecule has 1 amide bonds. The molecular formula is C26H28AsClN6O4. The third kappa shape index (κ3) is 5.89. The Labute approximate surface area is 229 Å². The number of H-pyrrole nitrogens is 1. The molecule has 1 fully saturated rings. The molecule has 0 radical (unpaired) electrons. The van der Waals surface area contributed by atoms with Crippen molar-refractivity contribution >= 4 is 59.3 Å². The molecule has 0 bridgehead atoms. The molecule has 0 spiro atoms. The number of rotatable bonds is 8. The number of nitrogens with one attached hydrogen (secondary N) is 3. The van der Waals surface area contributed by atoms with Gasteiger partial charge in [-0.15, -0.1) is 0 Å². The van der Waals surface area contributed by atoms with E-state index in [0.717, 1.165) is 35.9 Å². The van der Waals surface area contributed by atoms with E-state index < -0.39 is 14.9 Å². The minimum atomic E-state index is -3.52. The molecule has 198 valence electrons. The van der Waals surface area contributed by atoms with E-state index in [9.17, 15) is 12.6 Å². The van der Waals surface area contributed by atoms with Gasteiger partial charge in [-0.2, -0.15) is 0 Å². The van der Waals surface area contributed by atoms with Crippen molar-refractivity contribution in [1.82, 2.24) is 19.9 Å². The average molecular weight is 599 g/mol. The molecule has 4 aromatic rings. The van der Waals surface area contributed by atoms with E-state index in [2.05, 4.69) is 25.5 Å². The van der Waals surface area contributed by atoms with E-state index in [1.54, 1.807) is 18.3 Å². The fourth-order valence-electron chi connectivity index (χ4n) is 4.72. The second-order valence-corrected chi connectivity index (χ2v) is 12.0. The molecule has 1 aliphatic heterocycles. The van der Waals surface area contributed by atoms with Crippen LogP contribution >= 0.6 is 11.6 Å². The monoisotopic (exact) mass is 598 g/mol. The van der Waals surface area contributed by atoms with Gasteiger partial charge in [-0.05, 0) is 6.07 Å². The van der Waals surface area contributed by atoms with E-state index in [0.29, 0.717) is 39.0 Å². The topological polar surface area (TPSA) is 132 Å². The molecule has 12 heteroatoms. The Morgan fingerprint density at radius 3 is 2.97 bits per heavy atom. The molecule has 0 saturated carbocycles. The van der Waals surface area contributed by atoms with Gasteiger partial charge >= 0.3 is 149 Å². The van der Waals surface area contributed by atoms with Gasteiger partial charge in [0.1, 0.15) is 0 Å². The van der Waals surface area contributed by atoms with E-state index in [1.165, 1.54) is 13.2 Å². The first-order valence-electron chi connectivity index (χ1n) is 12.2. The van der Waals surface area contributed by atoms with E-state index in [1.807, 2.05) is 30.5 Å². The van der Waals surface area contributed by atoms with Crippen molar-refractivity contribution in [2.75, 3.05) is 37.4 Å². The summed E-state index contributed by atoms with van der Waals surface area (Å²) in [7, 11) is 1.49. The van der Waals surface area contributed by atoms with Crippen molar-refractivity contribution in [2.45, 2.75) is 18.9 Å². The summed E-state index contributed by atoms with van der Waals surface area (Å²) in [4.78, 5) is 27.2. The van der Waals surface area contributed by atoms with Gasteiger partial charge in [-0.25, -0.2) is 0 Å². The van der Waals surface area contributed by atoms with Gasteiger partial charge in [0.05, 0.1) is 16.9 Å². The maximum atomic E-state index is 12.8. The number of nitrogens with zero attached hydrogens (tertiary/aromatic N) is 3. The van der Waals surface area contributed by atoms with Crippen LogP contribution in [-0.2, 0) is 8.53 Å². The molecule has 2 atom stereocenters. The zero-order chi connectivity index (χ0) is 26.6. The molecule has 38 heavy (non-hydrogen) atoms. The SMILES string of the molecule is COc1ccc([AsH](=O)O)cc1NC(=O)CN1CCCC(Nc2ncc(Cl)c(-c3c[nH]c4ccccc34)n2)C1. The number of piperidine rings is 1. The minimum absolute atomic E-state index is 0.0502. The normalized spacial score (nSPS) is 16.8. The summed E-state index contributed by atoms with van der Waals surface area (Å²) in [5.74, 6) is 0.690. The summed E-state index contributed by atoms with van der Waals surface area (Å²) in [5, 5.41) is 7.73. The van der Waals surface area contributed by atoms with Crippen LogP contribution in [0.2, 0.25) is 5.02 Å². The number of hydrogen-bond acceptors (Lipinski definition) is 7. The standard InChI is InChI=1S/C26H28AsClN6O4/c1-38-23-9-8-16(27(36)37)11-22(23)32-24(35)15-34-10-4-5-17(14-34)31-26-30-13-20(28)25(33-26)19-12-29-21-7-3-2-6-18(19)21/h2-3,6-9,11-13,17,27,29H,4-5,10,14-15H2,1H3,(H,32,35)(H,36,37)(H,30,31,33). The number of fused-ring (bicyclic) bond motifs is 1. The number of ether oxygens (including phenoxy) is 1. The first-order valence-corrected chi connectivity index (χ1v) is 15.4. The number of amides is 1. The summed E-state index contributed by atoms with van der Waals surface area (Å²) in [6, 6.07) is 12.7. The zero-order valence-electron chi connectivity index (χ0n) is 20.7. The van der Waals surface area contributed by atoms with Gasteiger partial charge in [0.25, 0.3) is 0 Å². The Morgan fingerprint density at radius 1 is 1.32 bits per heavy atom. The number of likely N-dealkylation sites (tertiary alicyclic amines) is 1. The van der Waals surface area contributed by atoms with Gasteiger partial charge < -0.3 is 4.98 Å². The summed E-state index contributed by atoms with van der Waals surface area (Å²) in [6.07, 6.45) is 5.32. The number of carbonyl (C=O) groups is 1. The number of para-hydroxylation sites is 1. The van der Waals surface area contributed by atoms with Crippen LogP contribution in [0.5, 0.6) is 5.75 Å². The number of benzene rings is 2. The molecule has 2 aromatic heterocycles. The Bertz CT molecular complexity index is 1500. The van der Waals surface area contributed by atoms with E-state index in [4.69, 9.17) is 21.3 Å². The van der Waals surface area contributed by atoms with Crippen LogP contribution < -0.4 is 19.7 Å². The molecule has 4 N–H and O–H groups in total. The van der Waals surface area contributed by atoms with Gasteiger partial charge in [0.15, 0.2) is 0 Å². The van der Waals surface area contributed by atoms with Gasteiger partial charge in [-0.1, -0.05) is 29.8 Å². The van der Waals surface area contributed by atoms with Crippen LogP contribution in [0, 0.1) is 0 Å². The molecule has 3 heterocycles. The number of halogens is 1. The second-order valence-electron chi connectivity index (χ2n) is 9.13. The number of aromatic nitrogens is 3. The van der Waals surface area contributed by atoms with Crippen molar-refractivity contribution < 1.29 is 17.4 Å². The fourth-order valence-corrected chi connectivity index (χ4v) is 5.95. The molecule has 5 rings (SSSR count). The van der Waals surface area contributed by atoms with E-state index >= 15 is 0 Å². The molecule has 1 aliphatic rings. The second kappa shape index (κ2) is 11.6. The Balaban J connectivity index is 1.24. The average Bonchev–Trinajstić information content (AvgIpc) is 3.34. The number of carbonyl (C=O) groups excluding carboxylic acids is 1. The van der Waals surface area contributed by atoms with Crippen molar-refractivity contribution in [2.24, 2.45) is 0 Å². The van der Waals surface area contributed by atoms with Gasteiger partial charge in [0, 0.05) is 22.7 Å². The summed E-state index contributed by atoms with van der Waals surface area (Å²) < 4.78 is 26.7. The van der Waals surface area contributed by atoms with Crippen LogP contribution in [0.3, 0.4) is 0 Å². The van der Waals surface area contributed by atoms with Crippen molar-refractivity contribution in [3.8, 4) is 17.0 Å². The quantitative estimate of drug-likeness (QED) is 0.228. The molecule has 10 nitrogen and oxygen atoms in total. The van der Waals surface area contributed by atoms with Crippen LogP contribution in [0.1, 0.15) is 12.8 Å². The third-order valence-electron chi connectivity index (χ3n) is 6.51. The summed E-state index contributed by atoms with van der Waals surface area (Å²) in [5.41, 5.74) is 2.95. The predicted octanol–water partition coefficient (Wildman–Crippen LogP) is 2.65. The van der Waals surface area contributed by atoms with E-state index in [-0.39, 0.29) is 18.5 Å². The first kappa shape index (κ1) is 26.3. The number of anilines is 2. The first-order chi connectivity index (χ1) is 18.4. The van der Waals surface area contributed by atoms with Gasteiger partial charge in [-0.3, -0.25) is 0 Å². The van der Waals surface area contributed by atoms with Crippen molar-refractivity contribution in [3.63, 3.8) is 0 Å². The van der Waals surface area contributed by atoms with Crippen molar-refractivity contribution in [3.05, 3.63) is 59.9 Å². The maximum absolute atomic E-state index is 12.8. The number of hydrogen-bond donors (Lipinski definition) is 4. The predicted molar refractivity (Wildman–Crippen MR) is 149 cm³/mol. The Hall–Kier alpha value is -3.30. The van der Waals surface area contributed by atoms with Gasteiger partial charge in [0.2, 0.25) is 0 Å². The molecule has 2 aromatic carbocycles. The number of methoxy groups -OCH3 is 1. The fraction of sp³-hybridized carbons (Fsp3) is 0.269. The van der Waals surface area contributed by atoms with Crippen LogP contribution in [0.4, 0.5) is 11.6 Å². The third-order valence-corrected chi connectivity index (χ3v) is 8.48. The number of aromatic amines is 1. The molecule has 2 unspecified atom stereocenters. The van der Waals surface area contributed by atoms with Crippen molar-refractivity contribution in [1.29, 1.82) is 0 Å². The molecule has 0 aliphatic carbocycles. The van der Waals surface area contributed by atoms with Crippen LogP contribution in [-0.4, -0.2) is 77.6 Å². The Kier molecular flexibility index (Phi) is 8.04. The zero-order valence-corrected chi connectivity index (χ0v) is 23.6. The summed E-state index contributed by atoms with van der Waals surface area (Å²) >= 11 is 2.95. The molecule has 1 saturated heterocycles. The van der Waals surface area contributed by atoms with Crippen LogP contribution in [0.15, 0.2) is 54.9 Å².